The van der Waals surface area contributed by atoms with Crippen LogP contribution in [-0.2, 0) is 14.8 Å². The lowest BCUT2D eigenvalue weighted by Crippen LogP contribution is -2.39. The number of aliphatic imine (C=N–C) groups is 1. The van der Waals surface area contributed by atoms with Crippen LogP contribution in [0.3, 0.4) is 0 Å². The fourth-order valence-corrected chi connectivity index (χ4v) is 2.99. The second-order valence-corrected chi connectivity index (χ2v) is 7.68. The van der Waals surface area contributed by atoms with E-state index in [2.05, 4.69) is 4.99 Å². The van der Waals surface area contributed by atoms with Crippen molar-refractivity contribution in [3.63, 3.8) is 0 Å². The number of allylic oxidation sites excluding steroid dienone is 3. The standard InChI is InChI=1S/C13H20N2O3S/c1-13(2,3)12(14-10-16)9-15(4)19(17,18)11-7-5-6-8-11/h5,7-8,12H,6,9H2,1-4H3/t12-/m1/s1. The summed E-state index contributed by atoms with van der Waals surface area (Å²) in [6.45, 7) is 5.89. The largest absolute Gasteiger partial charge is 0.242 e. The molecule has 0 aromatic rings. The summed E-state index contributed by atoms with van der Waals surface area (Å²) in [4.78, 5) is 14.5. The fraction of sp³-hybridized carbons (Fsp3) is 0.615. The van der Waals surface area contributed by atoms with Gasteiger partial charge in [0.15, 0.2) is 0 Å². The summed E-state index contributed by atoms with van der Waals surface area (Å²) < 4.78 is 25.8. The Morgan fingerprint density at radius 3 is 2.53 bits per heavy atom. The molecule has 19 heavy (non-hydrogen) atoms. The van der Waals surface area contributed by atoms with E-state index < -0.39 is 16.1 Å². The number of hydrogen-bond acceptors (Lipinski definition) is 4. The Morgan fingerprint density at radius 2 is 2.11 bits per heavy atom. The lowest BCUT2D eigenvalue weighted by Gasteiger charge is -2.29. The van der Waals surface area contributed by atoms with Gasteiger partial charge in [-0.05, 0) is 17.9 Å². The summed E-state index contributed by atoms with van der Waals surface area (Å²) in [5.41, 5.74) is -0.304. The Morgan fingerprint density at radius 1 is 1.47 bits per heavy atom. The summed E-state index contributed by atoms with van der Waals surface area (Å²) in [5, 5.41) is 0. The average Bonchev–Trinajstić information content (AvgIpc) is 2.80. The summed E-state index contributed by atoms with van der Waals surface area (Å²) in [7, 11) is -1.99. The van der Waals surface area contributed by atoms with E-state index in [1.54, 1.807) is 18.2 Å². The van der Waals surface area contributed by atoms with Crippen LogP contribution in [0.5, 0.6) is 0 Å². The van der Waals surface area contributed by atoms with Crippen LogP contribution < -0.4 is 0 Å². The normalized spacial score (nSPS) is 17.2. The van der Waals surface area contributed by atoms with E-state index in [1.807, 2.05) is 20.8 Å². The smallest absolute Gasteiger partial charge is 0.211 e. The van der Waals surface area contributed by atoms with Gasteiger partial charge in [-0.3, -0.25) is 0 Å². The highest BCUT2D eigenvalue weighted by Gasteiger charge is 2.31. The summed E-state index contributed by atoms with van der Waals surface area (Å²) in [5.74, 6) is 0. The molecule has 0 heterocycles. The topological polar surface area (TPSA) is 66.8 Å². The maximum Gasteiger partial charge on any atom is 0.242 e. The van der Waals surface area contributed by atoms with E-state index in [4.69, 9.17) is 0 Å². The summed E-state index contributed by atoms with van der Waals surface area (Å²) in [6, 6.07) is -0.421. The highest BCUT2D eigenvalue weighted by Crippen LogP contribution is 2.25. The molecule has 6 heteroatoms. The summed E-state index contributed by atoms with van der Waals surface area (Å²) >= 11 is 0. The summed E-state index contributed by atoms with van der Waals surface area (Å²) in [6.07, 6.45) is 7.22. The second kappa shape index (κ2) is 5.82. The molecule has 1 atom stereocenters. The van der Waals surface area contributed by atoms with E-state index in [9.17, 15) is 13.2 Å². The maximum absolute atomic E-state index is 12.3. The number of hydrogen-bond donors (Lipinski definition) is 0. The lowest BCUT2D eigenvalue weighted by atomic mass is 9.87. The van der Waals surface area contributed by atoms with Gasteiger partial charge in [0.25, 0.3) is 0 Å². The number of likely N-dealkylation sites (N-methyl/N-ethyl adjacent to an activating group) is 1. The zero-order valence-electron chi connectivity index (χ0n) is 11.8. The molecule has 5 nitrogen and oxygen atoms in total. The third kappa shape index (κ3) is 3.86. The zero-order valence-corrected chi connectivity index (χ0v) is 12.6. The Balaban J connectivity index is 2.91. The Hall–Kier alpha value is -1.23. The molecule has 0 unspecified atom stereocenters. The minimum absolute atomic E-state index is 0.159. The molecule has 0 saturated heterocycles. The minimum Gasteiger partial charge on any atom is -0.211 e. The molecule has 1 rings (SSSR count). The van der Waals surface area contributed by atoms with Gasteiger partial charge in [-0.2, -0.15) is 4.31 Å². The highest BCUT2D eigenvalue weighted by molar-refractivity contribution is 7.93. The number of rotatable bonds is 5. The van der Waals surface area contributed by atoms with Gasteiger partial charge in [0, 0.05) is 13.6 Å². The predicted molar refractivity (Wildman–Crippen MR) is 74.8 cm³/mol. The number of carbonyl (C=O) groups excluding carboxylic acids is 1. The van der Waals surface area contributed by atoms with Crippen LogP contribution in [0, 0.1) is 5.41 Å². The van der Waals surface area contributed by atoms with Crippen molar-refractivity contribution in [3.8, 4) is 0 Å². The molecular weight excluding hydrogens is 264 g/mol. The molecule has 0 bridgehead atoms. The van der Waals surface area contributed by atoms with Gasteiger partial charge >= 0.3 is 0 Å². The van der Waals surface area contributed by atoms with E-state index in [1.165, 1.54) is 17.4 Å². The average molecular weight is 284 g/mol. The first-order valence-electron chi connectivity index (χ1n) is 6.09. The van der Waals surface area contributed by atoms with Crippen molar-refractivity contribution in [2.75, 3.05) is 13.6 Å². The number of isocyanates is 1. The molecule has 0 saturated carbocycles. The Kier molecular flexibility index (Phi) is 4.85. The highest BCUT2D eigenvalue weighted by atomic mass is 32.2. The second-order valence-electron chi connectivity index (χ2n) is 5.63. The van der Waals surface area contributed by atoms with Crippen molar-refractivity contribution in [2.24, 2.45) is 10.4 Å². The van der Waals surface area contributed by atoms with Crippen molar-refractivity contribution in [1.29, 1.82) is 0 Å². The van der Waals surface area contributed by atoms with Crippen molar-refractivity contribution < 1.29 is 13.2 Å². The third-order valence-electron chi connectivity index (χ3n) is 3.08. The first kappa shape index (κ1) is 15.8. The van der Waals surface area contributed by atoms with Gasteiger partial charge in [-0.15, -0.1) is 0 Å². The molecule has 0 amide bonds. The monoisotopic (exact) mass is 284 g/mol. The van der Waals surface area contributed by atoms with Gasteiger partial charge in [-0.1, -0.05) is 32.9 Å². The van der Waals surface area contributed by atoms with Crippen molar-refractivity contribution in [1.82, 2.24) is 4.31 Å². The van der Waals surface area contributed by atoms with Gasteiger partial charge < -0.3 is 0 Å². The maximum atomic E-state index is 12.3. The van der Waals surface area contributed by atoms with Crippen LogP contribution >= 0.6 is 0 Å². The lowest BCUT2D eigenvalue weighted by molar-refractivity contribution is 0.281. The van der Waals surface area contributed by atoms with E-state index in [-0.39, 0.29) is 12.0 Å². The van der Waals surface area contributed by atoms with Crippen molar-refractivity contribution in [2.45, 2.75) is 33.2 Å². The zero-order chi connectivity index (χ0) is 14.7. The molecule has 1 aliphatic carbocycles. The molecule has 0 aromatic heterocycles. The van der Waals surface area contributed by atoms with Crippen LogP contribution in [0.25, 0.3) is 0 Å². The first-order valence-corrected chi connectivity index (χ1v) is 7.53. The van der Waals surface area contributed by atoms with Gasteiger partial charge in [0.05, 0.1) is 10.9 Å². The Bertz CT molecular complexity index is 535. The molecule has 0 aliphatic heterocycles. The van der Waals surface area contributed by atoms with E-state index in [0.717, 1.165) is 0 Å². The molecule has 0 radical (unpaired) electrons. The van der Waals surface area contributed by atoms with Crippen LogP contribution in [0.4, 0.5) is 0 Å². The van der Waals surface area contributed by atoms with Crippen molar-refractivity contribution >= 4 is 16.1 Å². The molecule has 0 aromatic carbocycles. The molecule has 106 valence electrons. The van der Waals surface area contributed by atoms with Crippen molar-refractivity contribution in [3.05, 3.63) is 23.1 Å². The van der Waals surface area contributed by atoms with Crippen LogP contribution in [-0.4, -0.2) is 38.4 Å². The van der Waals surface area contributed by atoms with Crippen LogP contribution in [0.15, 0.2) is 28.1 Å². The fourth-order valence-electron chi connectivity index (χ4n) is 1.72. The minimum atomic E-state index is -3.49. The molecule has 0 fully saturated rings. The molecule has 0 spiro atoms. The number of nitrogens with zero attached hydrogens (tertiary/aromatic N) is 2. The Labute approximate surface area is 114 Å². The third-order valence-corrected chi connectivity index (χ3v) is 4.95. The first-order chi connectivity index (χ1) is 8.69. The SMILES string of the molecule is CN(C[C@@H](N=C=O)C(C)(C)C)S(=O)(=O)C1=CCC=C1. The molecule has 0 N–H and O–H groups in total. The van der Waals surface area contributed by atoms with Gasteiger partial charge in [-0.25, -0.2) is 18.2 Å². The van der Waals surface area contributed by atoms with Crippen LogP contribution in [0.2, 0.25) is 0 Å². The van der Waals surface area contributed by atoms with Gasteiger partial charge in [0.1, 0.15) is 0 Å². The van der Waals surface area contributed by atoms with E-state index >= 15 is 0 Å². The van der Waals surface area contributed by atoms with Gasteiger partial charge in [0.2, 0.25) is 16.1 Å². The quantitative estimate of drug-likeness (QED) is 0.571. The molecule has 1 aliphatic rings. The predicted octanol–water partition coefficient (Wildman–Crippen LogP) is 1.84. The van der Waals surface area contributed by atoms with Crippen LogP contribution in [0.1, 0.15) is 27.2 Å². The number of sulfonamides is 1. The van der Waals surface area contributed by atoms with E-state index in [0.29, 0.717) is 11.3 Å². The molecular formula is C13H20N2O3S.